The molecule has 0 saturated heterocycles. The van der Waals surface area contributed by atoms with Gasteiger partial charge in [0.1, 0.15) is 0 Å². The molecule has 4 aromatic heterocycles. The molecule has 0 aliphatic rings. The second kappa shape index (κ2) is 8.60. The summed E-state index contributed by atoms with van der Waals surface area (Å²) in [5.41, 5.74) is 2.15. The van der Waals surface area contributed by atoms with Gasteiger partial charge in [-0.15, -0.1) is 21.5 Å². The summed E-state index contributed by atoms with van der Waals surface area (Å²) in [7, 11) is 0. The fourth-order valence-electron chi connectivity index (χ4n) is 2.96. The van der Waals surface area contributed by atoms with Crippen molar-refractivity contribution in [2.75, 3.05) is 0 Å². The molecular weight excluding hydrogens is 416 g/mol. The van der Waals surface area contributed by atoms with Crippen LogP contribution in [0.3, 0.4) is 0 Å². The van der Waals surface area contributed by atoms with Gasteiger partial charge in [-0.05, 0) is 29.1 Å². The van der Waals surface area contributed by atoms with Crippen LogP contribution in [0.2, 0.25) is 0 Å². The SMILES string of the molecule is c1ccc(Cn2c(SCc3noc(-c4cccs4)n3)nnc2-c2ccncc2)cc1. The van der Waals surface area contributed by atoms with Crippen molar-refractivity contribution in [1.82, 2.24) is 29.9 Å². The lowest BCUT2D eigenvalue weighted by Gasteiger charge is -2.10. The predicted molar refractivity (Wildman–Crippen MR) is 116 cm³/mol. The first-order valence-corrected chi connectivity index (χ1v) is 11.1. The Labute approximate surface area is 180 Å². The maximum Gasteiger partial charge on any atom is 0.268 e. The van der Waals surface area contributed by atoms with Crippen molar-refractivity contribution in [3.63, 3.8) is 0 Å². The second-order valence-electron chi connectivity index (χ2n) is 6.40. The minimum atomic E-state index is 0.540. The summed E-state index contributed by atoms with van der Waals surface area (Å²) >= 11 is 3.11. The van der Waals surface area contributed by atoms with E-state index >= 15 is 0 Å². The highest BCUT2D eigenvalue weighted by Crippen LogP contribution is 2.28. The molecule has 9 heteroatoms. The van der Waals surface area contributed by atoms with Crippen LogP contribution in [0.1, 0.15) is 11.4 Å². The number of aromatic nitrogens is 6. The average Bonchev–Trinajstić information content (AvgIpc) is 3.55. The number of hydrogen-bond donors (Lipinski definition) is 0. The molecule has 4 heterocycles. The zero-order chi connectivity index (χ0) is 20.2. The number of rotatable bonds is 7. The average molecular weight is 433 g/mol. The monoisotopic (exact) mass is 432 g/mol. The van der Waals surface area contributed by atoms with E-state index in [9.17, 15) is 0 Å². The quantitative estimate of drug-likeness (QED) is 0.342. The van der Waals surface area contributed by atoms with E-state index in [1.807, 2.05) is 47.8 Å². The van der Waals surface area contributed by atoms with E-state index in [4.69, 9.17) is 4.52 Å². The third-order valence-corrected chi connectivity index (χ3v) is 6.19. The smallest absolute Gasteiger partial charge is 0.268 e. The van der Waals surface area contributed by atoms with Crippen LogP contribution in [0, 0.1) is 0 Å². The van der Waals surface area contributed by atoms with Crippen molar-refractivity contribution in [2.45, 2.75) is 17.5 Å². The van der Waals surface area contributed by atoms with Crippen molar-refractivity contribution in [2.24, 2.45) is 0 Å². The Morgan fingerprint density at radius 2 is 1.83 bits per heavy atom. The molecule has 0 spiro atoms. The minimum absolute atomic E-state index is 0.540. The van der Waals surface area contributed by atoms with Gasteiger partial charge in [-0.25, -0.2) is 0 Å². The fraction of sp³-hybridized carbons (Fsp3) is 0.0952. The Kier molecular flexibility index (Phi) is 5.36. The van der Waals surface area contributed by atoms with Gasteiger partial charge in [-0.2, -0.15) is 4.98 Å². The molecule has 0 saturated carbocycles. The molecule has 5 aromatic rings. The Morgan fingerprint density at radius 1 is 0.967 bits per heavy atom. The predicted octanol–water partition coefficient (Wildman–Crippen LogP) is 4.79. The molecule has 148 valence electrons. The number of nitrogens with zero attached hydrogens (tertiary/aromatic N) is 6. The maximum atomic E-state index is 5.38. The highest BCUT2D eigenvalue weighted by molar-refractivity contribution is 7.98. The van der Waals surface area contributed by atoms with Crippen LogP contribution in [0.4, 0.5) is 0 Å². The highest BCUT2D eigenvalue weighted by atomic mass is 32.2. The molecule has 0 radical (unpaired) electrons. The Bertz CT molecular complexity index is 1220. The molecule has 0 fully saturated rings. The standard InChI is InChI=1S/C21H16N6OS2/c1-2-5-15(6-3-1)13-27-19(16-8-10-22-11-9-16)24-25-21(27)30-14-18-23-20(28-26-18)17-7-4-12-29-17/h1-12H,13-14H2. The van der Waals surface area contributed by atoms with Crippen LogP contribution < -0.4 is 0 Å². The van der Waals surface area contributed by atoms with Gasteiger partial charge >= 0.3 is 0 Å². The van der Waals surface area contributed by atoms with Crippen molar-refractivity contribution >= 4 is 23.1 Å². The molecule has 7 nitrogen and oxygen atoms in total. The number of thiophene rings is 1. The maximum absolute atomic E-state index is 5.38. The van der Waals surface area contributed by atoms with Crippen molar-refractivity contribution in [3.8, 4) is 22.2 Å². The van der Waals surface area contributed by atoms with Crippen LogP contribution in [0.15, 0.2) is 82.1 Å². The molecular formula is C21H16N6OS2. The number of hydrogen-bond acceptors (Lipinski definition) is 8. The second-order valence-corrected chi connectivity index (χ2v) is 8.29. The van der Waals surface area contributed by atoms with Gasteiger partial charge in [0.05, 0.1) is 17.2 Å². The normalized spacial score (nSPS) is 11.1. The third-order valence-electron chi connectivity index (χ3n) is 4.37. The molecule has 0 bridgehead atoms. The Balaban J connectivity index is 1.41. The zero-order valence-corrected chi connectivity index (χ0v) is 17.4. The largest absolute Gasteiger partial charge is 0.333 e. The topological polar surface area (TPSA) is 82.5 Å². The highest BCUT2D eigenvalue weighted by Gasteiger charge is 2.17. The summed E-state index contributed by atoms with van der Waals surface area (Å²) in [6, 6.07) is 18.1. The van der Waals surface area contributed by atoms with Gasteiger partial charge in [-0.1, -0.05) is 53.3 Å². The fourth-order valence-corrected chi connectivity index (χ4v) is 4.39. The van der Waals surface area contributed by atoms with Crippen molar-refractivity contribution < 1.29 is 4.52 Å². The third kappa shape index (κ3) is 4.03. The molecule has 0 aliphatic heterocycles. The summed E-state index contributed by atoms with van der Waals surface area (Å²) in [5, 5.41) is 15.8. The van der Waals surface area contributed by atoms with E-state index in [1.54, 1.807) is 23.7 Å². The van der Waals surface area contributed by atoms with Gasteiger partial charge in [0, 0.05) is 18.0 Å². The lowest BCUT2D eigenvalue weighted by molar-refractivity contribution is 0.426. The van der Waals surface area contributed by atoms with Crippen LogP contribution >= 0.6 is 23.1 Å². The van der Waals surface area contributed by atoms with E-state index in [0.29, 0.717) is 24.0 Å². The first-order valence-electron chi connectivity index (χ1n) is 9.23. The van der Waals surface area contributed by atoms with Gasteiger partial charge < -0.3 is 4.52 Å². The lowest BCUT2D eigenvalue weighted by atomic mass is 10.2. The van der Waals surface area contributed by atoms with Crippen LogP contribution in [0.5, 0.6) is 0 Å². The number of pyridine rings is 1. The minimum Gasteiger partial charge on any atom is -0.333 e. The number of thioether (sulfide) groups is 1. The molecule has 30 heavy (non-hydrogen) atoms. The summed E-state index contributed by atoms with van der Waals surface area (Å²) in [6.07, 6.45) is 3.52. The molecule has 5 rings (SSSR count). The van der Waals surface area contributed by atoms with E-state index in [1.165, 1.54) is 17.3 Å². The van der Waals surface area contributed by atoms with Crippen LogP contribution in [0.25, 0.3) is 22.2 Å². The Hall–Kier alpha value is -3.30. The van der Waals surface area contributed by atoms with Gasteiger partial charge in [0.2, 0.25) is 0 Å². The zero-order valence-electron chi connectivity index (χ0n) is 15.8. The first kappa shape index (κ1) is 18.7. The molecule has 1 aromatic carbocycles. The molecule has 0 amide bonds. The van der Waals surface area contributed by atoms with Crippen LogP contribution in [-0.2, 0) is 12.3 Å². The molecule has 0 unspecified atom stereocenters. The van der Waals surface area contributed by atoms with Crippen LogP contribution in [-0.4, -0.2) is 29.9 Å². The van der Waals surface area contributed by atoms with Gasteiger partial charge in [0.15, 0.2) is 16.8 Å². The Morgan fingerprint density at radius 3 is 2.63 bits per heavy atom. The lowest BCUT2D eigenvalue weighted by Crippen LogP contribution is -2.04. The van der Waals surface area contributed by atoms with E-state index < -0.39 is 0 Å². The van der Waals surface area contributed by atoms with Gasteiger partial charge in [-0.3, -0.25) is 9.55 Å². The first-order chi connectivity index (χ1) is 14.9. The summed E-state index contributed by atoms with van der Waals surface area (Å²) < 4.78 is 7.49. The van der Waals surface area contributed by atoms with E-state index in [2.05, 4.69) is 42.0 Å². The summed E-state index contributed by atoms with van der Waals surface area (Å²) in [4.78, 5) is 9.56. The van der Waals surface area contributed by atoms with Gasteiger partial charge in [0.25, 0.3) is 5.89 Å². The number of benzene rings is 1. The van der Waals surface area contributed by atoms with Crippen molar-refractivity contribution in [3.05, 3.63) is 83.8 Å². The molecule has 0 N–H and O–H groups in total. The molecule has 0 aliphatic carbocycles. The summed E-state index contributed by atoms with van der Waals surface area (Å²) in [5.74, 6) is 2.51. The molecule has 0 atom stereocenters. The van der Waals surface area contributed by atoms with Crippen molar-refractivity contribution in [1.29, 1.82) is 0 Å². The summed E-state index contributed by atoms with van der Waals surface area (Å²) in [6.45, 7) is 0.667. The van der Waals surface area contributed by atoms with E-state index in [-0.39, 0.29) is 0 Å². The van der Waals surface area contributed by atoms with E-state index in [0.717, 1.165) is 21.4 Å².